The molecular weight excluding hydrogens is 184 g/mol. The van der Waals surface area contributed by atoms with E-state index >= 15 is 0 Å². The second kappa shape index (κ2) is 6.29. The fourth-order valence-corrected chi connectivity index (χ4v) is 0.831. The molecule has 0 atom stereocenters. The van der Waals surface area contributed by atoms with Crippen LogP contribution >= 0.6 is 0 Å². The fourth-order valence-electron chi connectivity index (χ4n) is 0.831. The Morgan fingerprint density at radius 2 is 1.64 bits per heavy atom. The van der Waals surface area contributed by atoms with Crippen LogP contribution in [0.15, 0.2) is 0 Å². The first-order valence-corrected chi connectivity index (χ1v) is 4.64. The fraction of sp³-hybridized carbons (Fsp3) is 0.700. The summed E-state index contributed by atoms with van der Waals surface area (Å²) in [7, 11) is 0. The van der Waals surface area contributed by atoms with Gasteiger partial charge in [0.2, 0.25) is 0 Å². The first-order valence-electron chi connectivity index (χ1n) is 4.64. The smallest absolute Gasteiger partial charge is 0.313 e. The highest BCUT2D eigenvalue weighted by Gasteiger charge is 2.12. The molecule has 0 aliphatic heterocycles. The Hall–Kier alpha value is -1.19. The molecule has 0 aromatic rings. The summed E-state index contributed by atoms with van der Waals surface area (Å²) >= 11 is 0. The van der Waals surface area contributed by atoms with Crippen molar-refractivity contribution in [2.75, 3.05) is 0 Å². The maximum absolute atomic E-state index is 11.0. The van der Waals surface area contributed by atoms with E-state index < -0.39 is 11.9 Å². The second-order valence-corrected chi connectivity index (χ2v) is 3.65. The molecule has 0 bridgehead atoms. The number of ether oxygens (including phenoxy) is 1. The zero-order valence-corrected chi connectivity index (χ0v) is 8.83. The molecule has 0 aromatic carbocycles. The molecule has 0 rings (SSSR count). The highest BCUT2D eigenvalue weighted by molar-refractivity contribution is 5.88. The Kier molecular flexibility index (Phi) is 5.76. The van der Waals surface area contributed by atoms with Crippen LogP contribution in [-0.4, -0.2) is 17.7 Å². The van der Waals surface area contributed by atoms with Crippen molar-refractivity contribution in [2.45, 2.75) is 40.0 Å². The van der Waals surface area contributed by atoms with Crippen molar-refractivity contribution >= 4 is 17.7 Å². The topological polar surface area (TPSA) is 60.4 Å². The molecule has 0 radical (unpaired) electrons. The van der Waals surface area contributed by atoms with E-state index in [9.17, 15) is 14.4 Å². The summed E-state index contributed by atoms with van der Waals surface area (Å²) in [5.74, 6) is -1.05. The van der Waals surface area contributed by atoms with Gasteiger partial charge in [-0.1, -0.05) is 13.8 Å². The highest BCUT2D eigenvalue weighted by atomic mass is 16.6. The van der Waals surface area contributed by atoms with Crippen LogP contribution in [0.1, 0.15) is 40.0 Å². The van der Waals surface area contributed by atoms with Gasteiger partial charge < -0.3 is 9.53 Å². The van der Waals surface area contributed by atoms with E-state index in [1.165, 1.54) is 6.92 Å². The molecule has 0 spiro atoms. The minimum Gasteiger partial charge on any atom is -0.393 e. The first kappa shape index (κ1) is 12.8. The van der Waals surface area contributed by atoms with Gasteiger partial charge in [-0.3, -0.25) is 9.59 Å². The van der Waals surface area contributed by atoms with Gasteiger partial charge in [0.05, 0.1) is 6.42 Å². The van der Waals surface area contributed by atoms with Gasteiger partial charge in [0, 0.05) is 12.8 Å². The lowest BCUT2D eigenvalue weighted by Crippen LogP contribution is -2.14. The molecule has 14 heavy (non-hydrogen) atoms. The van der Waals surface area contributed by atoms with Crippen LogP contribution in [0.4, 0.5) is 0 Å². The summed E-state index contributed by atoms with van der Waals surface area (Å²) in [6.45, 7) is 5.12. The quantitative estimate of drug-likeness (QED) is 0.498. The predicted molar refractivity (Wildman–Crippen MR) is 50.5 cm³/mol. The average molecular weight is 200 g/mol. The summed E-state index contributed by atoms with van der Waals surface area (Å²) in [5, 5.41) is 0. The van der Waals surface area contributed by atoms with Crippen molar-refractivity contribution in [1.29, 1.82) is 0 Å². The summed E-state index contributed by atoms with van der Waals surface area (Å²) < 4.78 is 4.48. The summed E-state index contributed by atoms with van der Waals surface area (Å²) in [4.78, 5) is 32.4. The Labute approximate surface area is 83.6 Å². The zero-order chi connectivity index (χ0) is 11.1. The highest BCUT2D eigenvalue weighted by Crippen LogP contribution is 2.02. The van der Waals surface area contributed by atoms with Crippen LogP contribution in [0.5, 0.6) is 0 Å². The molecule has 0 aliphatic carbocycles. The van der Waals surface area contributed by atoms with Crippen LogP contribution in [0.3, 0.4) is 0 Å². The number of hydrogen-bond donors (Lipinski definition) is 0. The molecule has 0 unspecified atom stereocenters. The first-order chi connectivity index (χ1) is 6.41. The molecule has 0 heterocycles. The maximum Gasteiger partial charge on any atom is 0.313 e. The molecule has 0 saturated carbocycles. The molecular formula is C10H16O4. The van der Waals surface area contributed by atoms with Gasteiger partial charge >= 0.3 is 11.9 Å². The lowest BCUT2D eigenvalue weighted by molar-refractivity contribution is -0.160. The summed E-state index contributed by atoms with van der Waals surface area (Å²) in [6, 6.07) is 0. The van der Waals surface area contributed by atoms with Crippen molar-refractivity contribution in [3.8, 4) is 0 Å². The molecule has 0 aliphatic rings. The van der Waals surface area contributed by atoms with Crippen LogP contribution in [0.2, 0.25) is 0 Å². The van der Waals surface area contributed by atoms with Gasteiger partial charge in [0.1, 0.15) is 5.78 Å². The summed E-state index contributed by atoms with van der Waals surface area (Å²) in [6.07, 6.45) is 0.346. The van der Waals surface area contributed by atoms with Crippen molar-refractivity contribution < 1.29 is 19.1 Å². The number of rotatable bonds is 5. The molecule has 0 fully saturated rings. The van der Waals surface area contributed by atoms with Gasteiger partial charge in [-0.05, 0) is 12.8 Å². The Bertz CT molecular complexity index is 230. The van der Waals surface area contributed by atoms with E-state index in [2.05, 4.69) is 4.74 Å². The molecule has 0 N–H and O–H groups in total. The number of carbonyl (C=O) groups excluding carboxylic acids is 3. The molecule has 4 heteroatoms. The third kappa shape index (κ3) is 7.46. The number of carbonyl (C=O) groups is 3. The number of hydrogen-bond acceptors (Lipinski definition) is 4. The third-order valence-electron chi connectivity index (χ3n) is 1.48. The van der Waals surface area contributed by atoms with E-state index in [-0.39, 0.29) is 31.0 Å². The molecule has 0 aromatic heterocycles. The Balaban J connectivity index is 3.72. The standard InChI is InChI=1S/C10H16O4/c1-7(2)6-10(13)14-9(12)5-4-8(3)11/h7H,4-6H2,1-3H3. The van der Waals surface area contributed by atoms with E-state index in [0.717, 1.165) is 0 Å². The second-order valence-electron chi connectivity index (χ2n) is 3.65. The number of ketones is 1. The van der Waals surface area contributed by atoms with Gasteiger partial charge in [-0.2, -0.15) is 0 Å². The minimum absolute atomic E-state index is 0.0147. The number of esters is 2. The van der Waals surface area contributed by atoms with E-state index in [0.29, 0.717) is 0 Å². The van der Waals surface area contributed by atoms with Crippen LogP contribution in [0, 0.1) is 5.92 Å². The van der Waals surface area contributed by atoms with E-state index in [4.69, 9.17) is 0 Å². The molecule has 0 saturated heterocycles. The summed E-state index contributed by atoms with van der Waals surface area (Å²) in [5.41, 5.74) is 0. The monoisotopic (exact) mass is 200 g/mol. The minimum atomic E-state index is -0.620. The van der Waals surface area contributed by atoms with E-state index in [1.54, 1.807) is 0 Å². The molecule has 4 nitrogen and oxygen atoms in total. The van der Waals surface area contributed by atoms with Crippen molar-refractivity contribution in [3.63, 3.8) is 0 Å². The van der Waals surface area contributed by atoms with Gasteiger partial charge in [-0.15, -0.1) is 0 Å². The van der Waals surface area contributed by atoms with Crippen LogP contribution < -0.4 is 0 Å². The average Bonchev–Trinajstić information content (AvgIpc) is 1.98. The number of Topliss-reactive ketones (excluding diaryl/α,β-unsaturated/α-hetero) is 1. The Morgan fingerprint density at radius 1 is 1.07 bits per heavy atom. The zero-order valence-electron chi connectivity index (χ0n) is 8.83. The van der Waals surface area contributed by atoms with Crippen molar-refractivity contribution in [2.24, 2.45) is 5.92 Å². The van der Waals surface area contributed by atoms with Gasteiger partial charge in [0.25, 0.3) is 0 Å². The maximum atomic E-state index is 11.0. The van der Waals surface area contributed by atoms with Crippen LogP contribution in [-0.2, 0) is 19.1 Å². The van der Waals surface area contributed by atoms with Crippen molar-refractivity contribution in [1.82, 2.24) is 0 Å². The van der Waals surface area contributed by atoms with Crippen molar-refractivity contribution in [3.05, 3.63) is 0 Å². The molecule has 80 valence electrons. The predicted octanol–water partition coefficient (Wildman–Crippen LogP) is 1.47. The van der Waals surface area contributed by atoms with Gasteiger partial charge in [-0.25, -0.2) is 0 Å². The molecule has 0 amide bonds. The lowest BCUT2D eigenvalue weighted by atomic mass is 10.1. The van der Waals surface area contributed by atoms with Crippen LogP contribution in [0.25, 0.3) is 0 Å². The lowest BCUT2D eigenvalue weighted by Gasteiger charge is -2.03. The van der Waals surface area contributed by atoms with E-state index in [1.807, 2.05) is 13.8 Å². The SMILES string of the molecule is CC(=O)CCC(=O)OC(=O)CC(C)C. The Morgan fingerprint density at radius 3 is 2.07 bits per heavy atom. The normalized spacial score (nSPS) is 10.0. The largest absolute Gasteiger partial charge is 0.393 e. The van der Waals surface area contributed by atoms with Gasteiger partial charge in [0.15, 0.2) is 0 Å². The third-order valence-corrected chi connectivity index (χ3v) is 1.48.